The molecule has 3 nitrogen and oxygen atoms in total. The molecule has 0 aliphatic heterocycles. The van der Waals surface area contributed by atoms with E-state index in [1.54, 1.807) is 6.20 Å². The van der Waals surface area contributed by atoms with Crippen molar-refractivity contribution in [1.82, 2.24) is 9.97 Å². The number of fused-ring (bicyclic) bond motifs is 1. The Bertz CT molecular complexity index is 826. The Kier molecular flexibility index (Phi) is 3.36. The Morgan fingerprint density at radius 2 is 2.20 bits per heavy atom. The Morgan fingerprint density at radius 1 is 1.30 bits per heavy atom. The van der Waals surface area contributed by atoms with E-state index < -0.39 is 0 Å². The number of rotatable bonds is 2. The summed E-state index contributed by atoms with van der Waals surface area (Å²) in [6, 6.07) is 13.8. The number of aromatic amines is 1. The SMILES string of the molecule is N#C/C(=C\c1c[nH]c2ccc(Br)cc12)c1ccccn1. The van der Waals surface area contributed by atoms with Crippen molar-refractivity contribution < 1.29 is 0 Å². The summed E-state index contributed by atoms with van der Waals surface area (Å²) in [6.07, 6.45) is 5.44. The molecule has 0 aliphatic rings. The fourth-order valence-corrected chi connectivity index (χ4v) is 2.44. The van der Waals surface area contributed by atoms with Crippen LogP contribution in [0.3, 0.4) is 0 Å². The van der Waals surface area contributed by atoms with Crippen LogP contribution in [-0.2, 0) is 0 Å². The van der Waals surface area contributed by atoms with E-state index in [0.29, 0.717) is 11.3 Å². The van der Waals surface area contributed by atoms with Gasteiger partial charge in [-0.05, 0) is 36.4 Å². The molecule has 4 heteroatoms. The Labute approximate surface area is 124 Å². The highest BCUT2D eigenvalue weighted by Crippen LogP contribution is 2.25. The molecule has 2 heterocycles. The Morgan fingerprint density at radius 3 is 2.95 bits per heavy atom. The van der Waals surface area contributed by atoms with Crippen LogP contribution in [0.5, 0.6) is 0 Å². The van der Waals surface area contributed by atoms with Gasteiger partial charge in [0.1, 0.15) is 6.07 Å². The maximum Gasteiger partial charge on any atom is 0.101 e. The molecule has 0 saturated heterocycles. The lowest BCUT2D eigenvalue weighted by molar-refractivity contribution is 1.28. The van der Waals surface area contributed by atoms with Crippen LogP contribution in [0.15, 0.2) is 53.3 Å². The molecule has 3 rings (SSSR count). The molecule has 0 aliphatic carbocycles. The van der Waals surface area contributed by atoms with Gasteiger partial charge in [0.05, 0.1) is 11.3 Å². The number of hydrogen-bond acceptors (Lipinski definition) is 2. The van der Waals surface area contributed by atoms with Gasteiger partial charge >= 0.3 is 0 Å². The third-order valence-corrected chi connectivity index (χ3v) is 3.53. The maximum atomic E-state index is 9.33. The van der Waals surface area contributed by atoms with Gasteiger partial charge in [-0.3, -0.25) is 4.98 Å². The number of benzene rings is 1. The third-order valence-electron chi connectivity index (χ3n) is 3.04. The predicted octanol–water partition coefficient (Wildman–Crippen LogP) is 4.39. The number of H-pyrrole nitrogens is 1. The van der Waals surface area contributed by atoms with Crippen molar-refractivity contribution in [2.75, 3.05) is 0 Å². The summed E-state index contributed by atoms with van der Waals surface area (Å²) in [6.45, 7) is 0. The average Bonchev–Trinajstić information content (AvgIpc) is 2.88. The van der Waals surface area contributed by atoms with E-state index in [4.69, 9.17) is 0 Å². The molecule has 0 spiro atoms. The first kappa shape index (κ1) is 12.6. The van der Waals surface area contributed by atoms with Gasteiger partial charge < -0.3 is 4.98 Å². The van der Waals surface area contributed by atoms with Crippen molar-refractivity contribution in [3.63, 3.8) is 0 Å². The molecular weight excluding hydrogens is 314 g/mol. The van der Waals surface area contributed by atoms with Crippen LogP contribution in [0.4, 0.5) is 0 Å². The Balaban J connectivity index is 2.13. The smallest absolute Gasteiger partial charge is 0.101 e. The van der Waals surface area contributed by atoms with Gasteiger partial charge in [0, 0.05) is 33.3 Å². The van der Waals surface area contributed by atoms with Gasteiger partial charge in [-0.1, -0.05) is 22.0 Å². The van der Waals surface area contributed by atoms with E-state index in [9.17, 15) is 5.26 Å². The van der Waals surface area contributed by atoms with Gasteiger partial charge in [0.2, 0.25) is 0 Å². The van der Waals surface area contributed by atoms with Gasteiger partial charge in [-0.25, -0.2) is 0 Å². The van der Waals surface area contributed by atoms with Crippen LogP contribution in [0.1, 0.15) is 11.3 Å². The number of allylic oxidation sites excluding steroid dienone is 1. The maximum absolute atomic E-state index is 9.33. The first-order chi connectivity index (χ1) is 9.78. The summed E-state index contributed by atoms with van der Waals surface area (Å²) in [5, 5.41) is 10.4. The molecule has 0 radical (unpaired) electrons. The second-order valence-corrected chi connectivity index (χ2v) is 5.23. The number of nitriles is 1. The largest absolute Gasteiger partial charge is 0.361 e. The van der Waals surface area contributed by atoms with Crippen molar-refractivity contribution in [1.29, 1.82) is 5.26 Å². The van der Waals surface area contributed by atoms with Gasteiger partial charge in [-0.15, -0.1) is 0 Å². The Hall–Kier alpha value is -2.38. The van der Waals surface area contributed by atoms with Crippen molar-refractivity contribution in [2.24, 2.45) is 0 Å². The fourth-order valence-electron chi connectivity index (χ4n) is 2.07. The zero-order chi connectivity index (χ0) is 13.9. The zero-order valence-corrected chi connectivity index (χ0v) is 12.1. The van der Waals surface area contributed by atoms with E-state index >= 15 is 0 Å². The summed E-state index contributed by atoms with van der Waals surface area (Å²) < 4.78 is 1.01. The molecule has 0 unspecified atom stereocenters. The molecule has 0 bridgehead atoms. The quantitative estimate of drug-likeness (QED) is 0.711. The lowest BCUT2D eigenvalue weighted by Crippen LogP contribution is -1.85. The lowest BCUT2D eigenvalue weighted by atomic mass is 10.1. The van der Waals surface area contributed by atoms with Gasteiger partial charge in [-0.2, -0.15) is 5.26 Å². The molecule has 20 heavy (non-hydrogen) atoms. The highest BCUT2D eigenvalue weighted by Gasteiger charge is 2.06. The summed E-state index contributed by atoms with van der Waals surface area (Å²) in [5.41, 5.74) is 3.24. The van der Waals surface area contributed by atoms with Crippen molar-refractivity contribution in [2.45, 2.75) is 0 Å². The normalized spacial score (nSPS) is 11.5. The number of aromatic nitrogens is 2. The second kappa shape index (κ2) is 5.32. The minimum atomic E-state index is 0.548. The molecule has 96 valence electrons. The fraction of sp³-hybridized carbons (Fsp3) is 0. The van der Waals surface area contributed by atoms with E-state index in [1.165, 1.54) is 0 Å². The summed E-state index contributed by atoms with van der Waals surface area (Å²) >= 11 is 3.47. The molecule has 1 aromatic carbocycles. The summed E-state index contributed by atoms with van der Waals surface area (Å²) in [7, 11) is 0. The van der Waals surface area contributed by atoms with Crippen LogP contribution < -0.4 is 0 Å². The highest BCUT2D eigenvalue weighted by molar-refractivity contribution is 9.10. The zero-order valence-electron chi connectivity index (χ0n) is 10.5. The van der Waals surface area contributed by atoms with Crippen LogP contribution in [0, 0.1) is 11.3 Å². The van der Waals surface area contributed by atoms with E-state index in [-0.39, 0.29) is 0 Å². The van der Waals surface area contributed by atoms with Crippen LogP contribution in [-0.4, -0.2) is 9.97 Å². The number of nitrogens with zero attached hydrogens (tertiary/aromatic N) is 2. The van der Waals surface area contributed by atoms with Gasteiger partial charge in [0.25, 0.3) is 0 Å². The minimum Gasteiger partial charge on any atom is -0.361 e. The minimum absolute atomic E-state index is 0.548. The van der Waals surface area contributed by atoms with E-state index in [2.05, 4.69) is 32.0 Å². The molecule has 3 aromatic rings. The number of nitrogens with one attached hydrogen (secondary N) is 1. The first-order valence-corrected chi connectivity index (χ1v) is 6.87. The monoisotopic (exact) mass is 323 g/mol. The second-order valence-electron chi connectivity index (χ2n) is 4.32. The lowest BCUT2D eigenvalue weighted by Gasteiger charge is -1.98. The van der Waals surface area contributed by atoms with Crippen molar-refractivity contribution in [3.05, 3.63) is 64.5 Å². The molecular formula is C16H10BrN3. The van der Waals surface area contributed by atoms with Crippen LogP contribution in [0.25, 0.3) is 22.6 Å². The number of halogens is 1. The summed E-state index contributed by atoms with van der Waals surface area (Å²) in [4.78, 5) is 7.42. The number of hydrogen-bond donors (Lipinski definition) is 1. The molecule has 2 aromatic heterocycles. The predicted molar refractivity (Wildman–Crippen MR) is 83.7 cm³/mol. The molecule has 0 fully saturated rings. The standard InChI is InChI=1S/C16H10BrN3/c17-13-4-5-16-14(8-13)12(10-20-16)7-11(9-18)15-3-1-2-6-19-15/h1-8,10,20H/b11-7+. The third kappa shape index (κ3) is 2.36. The van der Waals surface area contributed by atoms with Crippen LogP contribution in [0.2, 0.25) is 0 Å². The van der Waals surface area contributed by atoms with Crippen LogP contribution >= 0.6 is 15.9 Å². The molecule has 0 atom stereocenters. The highest BCUT2D eigenvalue weighted by atomic mass is 79.9. The summed E-state index contributed by atoms with van der Waals surface area (Å²) in [5.74, 6) is 0. The van der Waals surface area contributed by atoms with E-state index in [1.807, 2.05) is 48.7 Å². The average molecular weight is 324 g/mol. The van der Waals surface area contributed by atoms with Crippen molar-refractivity contribution >= 4 is 38.5 Å². The topological polar surface area (TPSA) is 52.5 Å². The molecule has 0 saturated carbocycles. The molecule has 0 amide bonds. The molecule has 1 N–H and O–H groups in total. The van der Waals surface area contributed by atoms with Gasteiger partial charge in [0.15, 0.2) is 0 Å². The van der Waals surface area contributed by atoms with Crippen molar-refractivity contribution in [3.8, 4) is 6.07 Å². The number of pyridine rings is 1. The first-order valence-electron chi connectivity index (χ1n) is 6.08. The van der Waals surface area contributed by atoms with E-state index in [0.717, 1.165) is 20.9 Å².